The van der Waals surface area contributed by atoms with Gasteiger partial charge in [0.2, 0.25) is 5.91 Å². The molecule has 4 rings (SSSR count). The number of anilines is 1. The summed E-state index contributed by atoms with van der Waals surface area (Å²) in [5.74, 6) is -0.943. The predicted molar refractivity (Wildman–Crippen MR) is 110 cm³/mol. The van der Waals surface area contributed by atoms with E-state index in [4.69, 9.17) is 0 Å². The number of carbonyl (C=O) groups excluding carboxylic acids is 1. The van der Waals surface area contributed by atoms with Crippen LogP contribution in [0.4, 0.5) is 5.69 Å². The molecule has 2 aromatic rings. The number of nitrogens with zero attached hydrogens (tertiary/aromatic N) is 1. The molecule has 0 saturated carbocycles. The summed E-state index contributed by atoms with van der Waals surface area (Å²) >= 11 is 0. The first-order valence-corrected chi connectivity index (χ1v) is 10.7. The molecule has 1 aliphatic heterocycles. The third-order valence-corrected chi connectivity index (χ3v) is 6.44. The molecular weight excluding hydrogens is 375 g/mol. The highest BCUT2D eigenvalue weighted by atomic mass is 31.2. The van der Waals surface area contributed by atoms with E-state index < -0.39 is 19.2 Å². The van der Waals surface area contributed by atoms with E-state index in [0.29, 0.717) is 11.3 Å². The summed E-state index contributed by atoms with van der Waals surface area (Å²) in [6, 6.07) is 13.1. The minimum atomic E-state index is -4.72. The van der Waals surface area contributed by atoms with Crippen molar-refractivity contribution in [1.29, 1.82) is 0 Å². The Morgan fingerprint density at radius 2 is 1.82 bits per heavy atom. The minimum absolute atomic E-state index is 0.0393. The third-order valence-electron chi connectivity index (χ3n) is 5.23. The lowest BCUT2D eigenvalue weighted by atomic mass is 9.89. The number of likely N-dealkylation sites (N-methyl/N-ethyl adjacent to an activating group) is 1. The molecule has 1 heterocycles. The molecule has 3 N–H and O–H groups in total. The monoisotopic (exact) mass is 396 g/mol. The zero-order valence-electron chi connectivity index (χ0n) is 15.3. The second-order valence-electron chi connectivity index (χ2n) is 7.12. The molecule has 0 radical (unpaired) electrons. The highest BCUT2D eigenvalue weighted by molar-refractivity contribution is 7.54. The van der Waals surface area contributed by atoms with Crippen molar-refractivity contribution in [3.05, 3.63) is 78.5 Å². The van der Waals surface area contributed by atoms with Gasteiger partial charge in [-0.3, -0.25) is 9.36 Å². The minimum Gasteiger partial charge on any atom is -0.373 e. The first kappa shape index (κ1) is 18.7. The molecule has 2 aromatic carbocycles. The highest BCUT2D eigenvalue weighted by Gasteiger charge is 2.46. The average molecular weight is 396 g/mol. The summed E-state index contributed by atoms with van der Waals surface area (Å²) in [4.78, 5) is 34.8. The summed E-state index contributed by atoms with van der Waals surface area (Å²) in [6.45, 7) is 0. The Kier molecular flexibility index (Phi) is 4.71. The van der Waals surface area contributed by atoms with Crippen LogP contribution in [0.5, 0.6) is 0 Å². The van der Waals surface area contributed by atoms with Crippen molar-refractivity contribution in [2.24, 2.45) is 5.92 Å². The fraction of sp³-hybridized carbons (Fsp3) is 0.190. The summed E-state index contributed by atoms with van der Waals surface area (Å²) in [5.41, 5.74) is -0.600. The van der Waals surface area contributed by atoms with Crippen molar-refractivity contribution in [1.82, 2.24) is 4.90 Å². The van der Waals surface area contributed by atoms with Gasteiger partial charge in [-0.05, 0) is 28.5 Å². The zero-order chi connectivity index (χ0) is 19.9. The summed E-state index contributed by atoms with van der Waals surface area (Å²) in [6.07, 6.45) is 9.26. The molecule has 1 amide bonds. The lowest BCUT2D eigenvalue weighted by molar-refractivity contribution is -0.115. The molecule has 144 valence electrons. The summed E-state index contributed by atoms with van der Waals surface area (Å²) in [7, 11) is -2.88. The van der Waals surface area contributed by atoms with E-state index in [1.807, 2.05) is 66.6 Å². The van der Waals surface area contributed by atoms with Crippen LogP contribution in [-0.2, 0) is 9.36 Å². The Balaban J connectivity index is 1.65. The number of benzene rings is 2. The SMILES string of the molecule is CN1C=C(C(C(=O)Nc2ccc3ccccc3c2)P(=O)(O)O)C2C=CC=CC21. The fourth-order valence-electron chi connectivity index (χ4n) is 3.93. The topological polar surface area (TPSA) is 89.9 Å². The Labute approximate surface area is 163 Å². The van der Waals surface area contributed by atoms with Crippen LogP contribution >= 0.6 is 7.60 Å². The van der Waals surface area contributed by atoms with E-state index in [1.54, 1.807) is 18.3 Å². The van der Waals surface area contributed by atoms with Crippen molar-refractivity contribution >= 4 is 30.0 Å². The number of amides is 1. The first-order valence-electron chi connectivity index (χ1n) is 8.98. The average Bonchev–Trinajstić information content (AvgIpc) is 2.97. The largest absolute Gasteiger partial charge is 0.373 e. The molecule has 6 nitrogen and oxygen atoms in total. The van der Waals surface area contributed by atoms with Gasteiger partial charge in [0, 0.05) is 24.9 Å². The lowest BCUT2D eigenvalue weighted by Crippen LogP contribution is -2.34. The van der Waals surface area contributed by atoms with Gasteiger partial charge in [0.1, 0.15) is 0 Å². The van der Waals surface area contributed by atoms with Gasteiger partial charge in [-0.25, -0.2) is 0 Å². The zero-order valence-corrected chi connectivity index (χ0v) is 16.2. The molecule has 2 aliphatic rings. The van der Waals surface area contributed by atoms with Crippen LogP contribution in [0.2, 0.25) is 0 Å². The Bertz CT molecular complexity index is 1070. The molecular formula is C21H21N2O4P. The van der Waals surface area contributed by atoms with Crippen LogP contribution in [-0.4, -0.2) is 39.3 Å². The van der Waals surface area contributed by atoms with Crippen LogP contribution in [0.25, 0.3) is 10.8 Å². The lowest BCUT2D eigenvalue weighted by Gasteiger charge is -2.27. The number of rotatable bonds is 4. The molecule has 0 spiro atoms. The number of hydrogen-bond acceptors (Lipinski definition) is 3. The van der Waals surface area contributed by atoms with Crippen LogP contribution in [0.1, 0.15) is 0 Å². The maximum Gasteiger partial charge on any atom is 0.342 e. The Hall–Kier alpha value is -2.66. The van der Waals surface area contributed by atoms with Crippen LogP contribution in [0.3, 0.4) is 0 Å². The van der Waals surface area contributed by atoms with Crippen molar-refractivity contribution in [2.45, 2.75) is 11.7 Å². The van der Waals surface area contributed by atoms with Crippen molar-refractivity contribution in [3.8, 4) is 0 Å². The maximum atomic E-state index is 13.0. The third kappa shape index (κ3) is 3.42. The van der Waals surface area contributed by atoms with Gasteiger partial charge < -0.3 is 20.0 Å². The van der Waals surface area contributed by atoms with Crippen LogP contribution in [0.15, 0.2) is 78.5 Å². The number of hydrogen-bond donors (Lipinski definition) is 3. The van der Waals surface area contributed by atoms with Gasteiger partial charge in [0.15, 0.2) is 5.66 Å². The number of fused-ring (bicyclic) bond motifs is 2. The van der Waals surface area contributed by atoms with Crippen molar-refractivity contribution in [3.63, 3.8) is 0 Å². The van der Waals surface area contributed by atoms with Gasteiger partial charge in [-0.2, -0.15) is 0 Å². The normalized spacial score (nSPS) is 22.1. The van der Waals surface area contributed by atoms with Gasteiger partial charge in [0.25, 0.3) is 0 Å². The van der Waals surface area contributed by atoms with E-state index in [9.17, 15) is 19.1 Å². The first-order chi connectivity index (χ1) is 13.3. The molecule has 28 heavy (non-hydrogen) atoms. The van der Waals surface area contributed by atoms with Gasteiger partial charge in [0.05, 0.1) is 6.04 Å². The Morgan fingerprint density at radius 1 is 1.11 bits per heavy atom. The molecule has 0 saturated heterocycles. The second kappa shape index (κ2) is 7.06. The summed E-state index contributed by atoms with van der Waals surface area (Å²) < 4.78 is 12.3. The van der Waals surface area contributed by atoms with Crippen LogP contribution in [0, 0.1) is 5.92 Å². The predicted octanol–water partition coefficient (Wildman–Crippen LogP) is 3.26. The van der Waals surface area contributed by atoms with E-state index in [0.717, 1.165) is 10.8 Å². The number of nitrogens with one attached hydrogen (secondary N) is 1. The molecule has 0 bridgehead atoms. The quantitative estimate of drug-likeness (QED) is 0.691. The highest BCUT2D eigenvalue weighted by Crippen LogP contribution is 2.50. The van der Waals surface area contributed by atoms with E-state index >= 15 is 0 Å². The standard InChI is InChI=1S/C21H21N2O4P/c1-23-13-18(17-8-4-5-9-19(17)23)20(28(25,26)27)21(24)22-16-11-10-14-6-2-3-7-15(14)12-16/h2-13,17,19-20H,1H3,(H,22,24)(H2,25,26,27). The van der Waals surface area contributed by atoms with Crippen molar-refractivity contribution < 1.29 is 19.1 Å². The van der Waals surface area contributed by atoms with E-state index in [-0.39, 0.29) is 12.0 Å². The molecule has 0 fully saturated rings. The number of carbonyl (C=O) groups is 1. The molecule has 0 aromatic heterocycles. The molecule has 1 aliphatic carbocycles. The van der Waals surface area contributed by atoms with Gasteiger partial charge in [-0.15, -0.1) is 0 Å². The number of allylic oxidation sites excluding steroid dienone is 2. The summed E-state index contributed by atoms with van der Waals surface area (Å²) in [5, 5.41) is 4.66. The molecule has 7 heteroatoms. The van der Waals surface area contributed by atoms with Crippen molar-refractivity contribution in [2.75, 3.05) is 12.4 Å². The molecule has 3 unspecified atom stereocenters. The van der Waals surface area contributed by atoms with E-state index in [2.05, 4.69) is 5.32 Å². The molecule has 3 atom stereocenters. The Morgan fingerprint density at radius 3 is 2.57 bits per heavy atom. The van der Waals surface area contributed by atoms with Gasteiger partial charge >= 0.3 is 7.60 Å². The van der Waals surface area contributed by atoms with Crippen LogP contribution < -0.4 is 5.32 Å². The maximum absolute atomic E-state index is 13.0. The smallest absolute Gasteiger partial charge is 0.342 e. The fourth-order valence-corrected chi connectivity index (χ4v) is 4.93. The van der Waals surface area contributed by atoms with Gasteiger partial charge in [-0.1, -0.05) is 54.6 Å². The van der Waals surface area contributed by atoms with E-state index in [1.165, 1.54) is 0 Å². The second-order valence-corrected chi connectivity index (χ2v) is 8.82.